The number of carbonyl (C=O) groups excluding carboxylic acids is 3. The maximum Gasteiger partial charge on any atom is 0.190 e. The molecule has 0 aromatic carbocycles. The molecule has 28 heavy (non-hydrogen) atoms. The molecule has 7 atom stereocenters. The predicted molar refractivity (Wildman–Crippen MR) is 104 cm³/mol. The molecule has 0 saturated heterocycles. The normalized spacial score (nSPS) is 50.5. The third-order valence-corrected chi connectivity index (χ3v) is 10.2. The first kappa shape index (κ1) is 20.5. The van der Waals surface area contributed by atoms with E-state index in [1.807, 2.05) is 13.8 Å². The molecule has 3 fully saturated rings. The van der Waals surface area contributed by atoms with Crippen LogP contribution in [-0.2, 0) is 14.4 Å². The van der Waals surface area contributed by atoms with Gasteiger partial charge in [-0.15, -0.1) is 23.2 Å². The topological polar surface area (TPSA) is 91.7 Å². The molecule has 4 aliphatic carbocycles. The molecule has 0 aromatic heterocycles. The Kier molecular flexibility index (Phi) is 4.49. The molecule has 4 aliphatic rings. The monoisotopic (exact) mass is 428 g/mol. The van der Waals surface area contributed by atoms with Gasteiger partial charge in [0.15, 0.2) is 17.3 Å². The highest BCUT2D eigenvalue weighted by Gasteiger charge is 2.74. The molecule has 7 heteroatoms. The van der Waals surface area contributed by atoms with Gasteiger partial charge in [-0.1, -0.05) is 12.5 Å². The number of aliphatic hydroxyl groups is 2. The second-order valence-electron chi connectivity index (χ2n) is 9.45. The van der Waals surface area contributed by atoms with Crippen molar-refractivity contribution in [3.8, 4) is 0 Å². The van der Waals surface area contributed by atoms with Crippen molar-refractivity contribution in [3.05, 3.63) is 11.6 Å². The number of allylic oxidation sites excluding steroid dienone is 1. The van der Waals surface area contributed by atoms with Crippen LogP contribution in [0.5, 0.6) is 0 Å². The summed E-state index contributed by atoms with van der Waals surface area (Å²) in [6.45, 7) is 2.96. The first-order valence-corrected chi connectivity index (χ1v) is 10.7. The zero-order valence-electron chi connectivity index (χ0n) is 16.1. The largest absolute Gasteiger partial charge is 0.388 e. The molecule has 154 valence electrons. The van der Waals surface area contributed by atoms with Crippen LogP contribution in [0.4, 0.5) is 0 Å². The number of halogens is 2. The number of carbonyl (C=O) groups is 3. The fourth-order valence-electron chi connectivity index (χ4n) is 6.97. The van der Waals surface area contributed by atoms with Gasteiger partial charge in [-0.3, -0.25) is 14.4 Å². The number of rotatable bonds is 2. The molecule has 3 saturated carbocycles. The first-order valence-electron chi connectivity index (χ1n) is 9.93. The summed E-state index contributed by atoms with van der Waals surface area (Å²) in [5, 5.41) is 20.0. The van der Waals surface area contributed by atoms with Gasteiger partial charge in [0.2, 0.25) is 0 Å². The zero-order valence-corrected chi connectivity index (χ0v) is 17.6. The van der Waals surface area contributed by atoms with Gasteiger partial charge in [0.25, 0.3) is 0 Å². The number of fused-ring (bicyclic) bond motifs is 5. The SMILES string of the molecule is C[C@]12C(=O)CC(=O)C=C1CC[C@H]1[C@@H]3CC[C@](O)(C(=O)CO)[C@@]3(C)CC(Cl)[C@@]12Cl. The van der Waals surface area contributed by atoms with Crippen molar-refractivity contribution in [2.24, 2.45) is 22.7 Å². The summed E-state index contributed by atoms with van der Waals surface area (Å²) in [6.07, 6.45) is 3.74. The lowest BCUT2D eigenvalue weighted by atomic mass is 9.45. The zero-order chi connectivity index (χ0) is 20.7. The molecular weight excluding hydrogens is 403 g/mol. The summed E-state index contributed by atoms with van der Waals surface area (Å²) < 4.78 is 0. The minimum atomic E-state index is -1.64. The van der Waals surface area contributed by atoms with E-state index in [4.69, 9.17) is 23.2 Å². The van der Waals surface area contributed by atoms with Gasteiger partial charge in [-0.2, -0.15) is 0 Å². The summed E-state index contributed by atoms with van der Waals surface area (Å²) in [5.74, 6) is -1.22. The van der Waals surface area contributed by atoms with Crippen molar-refractivity contribution in [2.75, 3.05) is 6.61 Å². The van der Waals surface area contributed by atoms with Crippen LogP contribution in [0.3, 0.4) is 0 Å². The Labute approximate surface area is 174 Å². The Hall–Kier alpha value is -0.750. The number of ketones is 3. The van der Waals surface area contributed by atoms with E-state index in [1.165, 1.54) is 0 Å². The Morgan fingerprint density at radius 2 is 1.93 bits per heavy atom. The highest BCUT2D eigenvalue weighted by atomic mass is 35.5. The minimum absolute atomic E-state index is 0.0932. The molecule has 0 aliphatic heterocycles. The van der Waals surface area contributed by atoms with E-state index >= 15 is 0 Å². The van der Waals surface area contributed by atoms with Crippen LogP contribution in [0, 0.1) is 22.7 Å². The predicted octanol–water partition coefficient (Wildman–Crippen LogP) is 2.57. The number of aliphatic hydroxyl groups excluding tert-OH is 1. The van der Waals surface area contributed by atoms with E-state index in [9.17, 15) is 24.6 Å². The third-order valence-electron chi connectivity index (χ3n) is 8.63. The van der Waals surface area contributed by atoms with Crippen molar-refractivity contribution >= 4 is 40.6 Å². The van der Waals surface area contributed by atoms with Crippen molar-refractivity contribution in [2.45, 2.75) is 68.2 Å². The van der Waals surface area contributed by atoms with Gasteiger partial charge < -0.3 is 10.2 Å². The number of Topliss-reactive ketones (excluding diaryl/α,β-unsaturated/α-hetero) is 2. The second-order valence-corrected chi connectivity index (χ2v) is 10.6. The van der Waals surface area contributed by atoms with Gasteiger partial charge in [0.1, 0.15) is 12.2 Å². The average molecular weight is 429 g/mol. The fraction of sp³-hybridized carbons (Fsp3) is 0.762. The third kappa shape index (κ3) is 2.14. The van der Waals surface area contributed by atoms with E-state index in [0.29, 0.717) is 19.3 Å². The number of hydrogen-bond donors (Lipinski definition) is 2. The van der Waals surface area contributed by atoms with E-state index in [0.717, 1.165) is 5.57 Å². The van der Waals surface area contributed by atoms with Crippen LogP contribution in [-0.4, -0.2) is 50.0 Å². The standard InChI is InChI=1S/C21H26Cl2O5/c1-18-9-15(22)21(23)14(13(18)5-6-20(18,28)17(27)10-24)4-3-11-7-12(25)8-16(26)19(11,21)2/h7,13-15,24,28H,3-6,8-10H2,1-2H3/t13-,14-,15?,18-,19+,20-,21-/m0/s1. The van der Waals surface area contributed by atoms with Crippen LogP contribution in [0.25, 0.3) is 0 Å². The summed E-state index contributed by atoms with van der Waals surface area (Å²) in [7, 11) is 0. The van der Waals surface area contributed by atoms with Gasteiger partial charge >= 0.3 is 0 Å². The molecule has 0 aromatic rings. The molecule has 0 amide bonds. The van der Waals surface area contributed by atoms with Crippen molar-refractivity contribution < 1.29 is 24.6 Å². The summed E-state index contributed by atoms with van der Waals surface area (Å²) >= 11 is 14.2. The number of alkyl halides is 2. The van der Waals surface area contributed by atoms with Gasteiger partial charge in [-0.05, 0) is 56.9 Å². The van der Waals surface area contributed by atoms with Crippen LogP contribution in [0.2, 0.25) is 0 Å². The summed E-state index contributed by atoms with van der Waals surface area (Å²) in [6, 6.07) is 0. The van der Waals surface area contributed by atoms with Crippen LogP contribution in [0.1, 0.15) is 52.4 Å². The maximum absolute atomic E-state index is 13.1. The molecular formula is C21H26Cl2O5. The van der Waals surface area contributed by atoms with Crippen LogP contribution in [0.15, 0.2) is 11.6 Å². The molecule has 2 N–H and O–H groups in total. The fourth-order valence-corrected chi connectivity index (χ4v) is 8.23. The van der Waals surface area contributed by atoms with Crippen molar-refractivity contribution in [1.29, 1.82) is 0 Å². The molecule has 0 spiro atoms. The maximum atomic E-state index is 13.1. The highest BCUT2D eigenvalue weighted by molar-refractivity contribution is 6.35. The highest BCUT2D eigenvalue weighted by Crippen LogP contribution is 2.71. The molecule has 0 bridgehead atoms. The van der Waals surface area contributed by atoms with E-state index in [1.54, 1.807) is 6.08 Å². The van der Waals surface area contributed by atoms with E-state index in [2.05, 4.69) is 0 Å². The molecule has 0 heterocycles. The van der Waals surface area contributed by atoms with Gasteiger partial charge in [0, 0.05) is 5.41 Å². The summed E-state index contributed by atoms with van der Waals surface area (Å²) in [5.41, 5.74) is -2.72. The second kappa shape index (κ2) is 6.13. The van der Waals surface area contributed by atoms with Crippen LogP contribution >= 0.6 is 23.2 Å². The van der Waals surface area contributed by atoms with Gasteiger partial charge in [0.05, 0.1) is 22.1 Å². The number of hydrogen-bond acceptors (Lipinski definition) is 5. The Balaban J connectivity index is 1.84. The first-order chi connectivity index (χ1) is 13.0. The lowest BCUT2D eigenvalue weighted by Crippen LogP contribution is -2.69. The Morgan fingerprint density at radius 3 is 2.57 bits per heavy atom. The Morgan fingerprint density at radius 1 is 1.25 bits per heavy atom. The van der Waals surface area contributed by atoms with E-state index < -0.39 is 39.1 Å². The summed E-state index contributed by atoms with van der Waals surface area (Å²) in [4.78, 5) is 36.4. The molecule has 0 radical (unpaired) electrons. The molecule has 5 nitrogen and oxygen atoms in total. The van der Waals surface area contributed by atoms with E-state index in [-0.39, 0.29) is 42.7 Å². The van der Waals surface area contributed by atoms with Crippen molar-refractivity contribution in [1.82, 2.24) is 0 Å². The Bertz CT molecular complexity index is 809. The average Bonchev–Trinajstić information content (AvgIpc) is 2.89. The van der Waals surface area contributed by atoms with Crippen molar-refractivity contribution in [3.63, 3.8) is 0 Å². The smallest absolute Gasteiger partial charge is 0.190 e. The quantitative estimate of drug-likeness (QED) is 0.520. The lowest BCUT2D eigenvalue weighted by molar-refractivity contribution is -0.163. The van der Waals surface area contributed by atoms with Gasteiger partial charge in [-0.25, -0.2) is 0 Å². The lowest BCUT2D eigenvalue weighted by Gasteiger charge is -2.64. The van der Waals surface area contributed by atoms with Crippen LogP contribution < -0.4 is 0 Å². The molecule has 4 rings (SSSR count). The molecule has 1 unspecified atom stereocenters. The minimum Gasteiger partial charge on any atom is -0.388 e.